The lowest BCUT2D eigenvalue weighted by atomic mass is 10.1. The molecule has 0 amide bonds. The second-order valence-electron chi connectivity index (χ2n) is 5.05. The lowest BCUT2D eigenvalue weighted by molar-refractivity contribution is 0.405. The van der Waals surface area contributed by atoms with E-state index < -0.39 is 0 Å². The van der Waals surface area contributed by atoms with Crippen LogP contribution in [0.15, 0.2) is 41.1 Å². The minimum atomic E-state index is -0.297. The van der Waals surface area contributed by atoms with Crippen LogP contribution in [0.25, 0.3) is 0 Å². The molecule has 4 heteroatoms. The molecule has 2 aromatic rings. The van der Waals surface area contributed by atoms with Gasteiger partial charge in [-0.05, 0) is 44.0 Å². The predicted molar refractivity (Wildman–Crippen MR) is 76.9 cm³/mol. The van der Waals surface area contributed by atoms with Gasteiger partial charge in [0.05, 0.1) is 18.2 Å². The van der Waals surface area contributed by atoms with Crippen molar-refractivity contribution in [1.82, 2.24) is 10.3 Å². The van der Waals surface area contributed by atoms with Gasteiger partial charge in [-0.3, -0.25) is 4.98 Å². The van der Waals surface area contributed by atoms with E-state index in [1.165, 1.54) is 12.3 Å². The Balaban J connectivity index is 1.87. The zero-order valence-electron chi connectivity index (χ0n) is 12.0. The van der Waals surface area contributed by atoms with Gasteiger partial charge in [0.2, 0.25) is 0 Å². The van der Waals surface area contributed by atoms with E-state index in [-0.39, 0.29) is 11.9 Å². The monoisotopic (exact) mass is 276 g/mol. The maximum atomic E-state index is 12.9. The van der Waals surface area contributed by atoms with Gasteiger partial charge in [-0.15, -0.1) is 0 Å². The van der Waals surface area contributed by atoms with Gasteiger partial charge in [0, 0.05) is 18.5 Å². The van der Waals surface area contributed by atoms with Crippen LogP contribution >= 0.6 is 0 Å². The molecule has 108 valence electrons. The number of hydrogen-bond acceptors (Lipinski definition) is 3. The quantitative estimate of drug-likeness (QED) is 0.834. The summed E-state index contributed by atoms with van der Waals surface area (Å²) in [6.45, 7) is 4.25. The second-order valence-corrected chi connectivity index (χ2v) is 5.05. The maximum absolute atomic E-state index is 12.9. The minimum absolute atomic E-state index is 0.155. The van der Waals surface area contributed by atoms with Crippen LogP contribution in [0.5, 0.6) is 0 Å². The average Bonchev–Trinajstić information content (AvgIpc) is 2.97. The van der Waals surface area contributed by atoms with E-state index in [0.717, 1.165) is 30.7 Å². The number of rotatable bonds is 7. The van der Waals surface area contributed by atoms with Crippen LogP contribution in [0.2, 0.25) is 0 Å². The van der Waals surface area contributed by atoms with Gasteiger partial charge >= 0.3 is 0 Å². The standard InChI is InChI=1S/C16H21FN2O/c1-3-15(16-9-7-13(17)11-18-16)19-12(2)6-8-14-5-4-10-20-14/h4-5,7,9-12,15,19H,3,6,8H2,1-2H3. The van der Waals surface area contributed by atoms with Gasteiger partial charge in [-0.25, -0.2) is 4.39 Å². The smallest absolute Gasteiger partial charge is 0.141 e. The van der Waals surface area contributed by atoms with Crippen molar-refractivity contribution in [2.45, 2.75) is 45.2 Å². The molecule has 2 unspecified atom stereocenters. The number of nitrogens with zero attached hydrogens (tertiary/aromatic N) is 1. The molecule has 0 radical (unpaired) electrons. The third kappa shape index (κ3) is 4.17. The third-order valence-corrected chi connectivity index (χ3v) is 3.41. The molecule has 0 aliphatic rings. The summed E-state index contributed by atoms with van der Waals surface area (Å²) in [5.74, 6) is 0.709. The molecule has 20 heavy (non-hydrogen) atoms. The molecule has 0 bridgehead atoms. The van der Waals surface area contributed by atoms with Gasteiger partial charge in [0.25, 0.3) is 0 Å². The van der Waals surface area contributed by atoms with Crippen molar-refractivity contribution in [2.24, 2.45) is 0 Å². The number of hydrogen-bond donors (Lipinski definition) is 1. The molecule has 0 aromatic carbocycles. The molecular weight excluding hydrogens is 255 g/mol. The van der Waals surface area contributed by atoms with E-state index in [2.05, 4.69) is 24.1 Å². The highest BCUT2D eigenvalue weighted by molar-refractivity contribution is 5.10. The molecule has 1 N–H and O–H groups in total. The molecule has 3 nitrogen and oxygen atoms in total. The van der Waals surface area contributed by atoms with Crippen LogP contribution in [0.1, 0.15) is 44.2 Å². The van der Waals surface area contributed by atoms with E-state index in [4.69, 9.17) is 4.42 Å². The number of aryl methyl sites for hydroxylation is 1. The first-order chi connectivity index (χ1) is 9.69. The molecule has 0 fully saturated rings. The van der Waals surface area contributed by atoms with Gasteiger partial charge in [0.1, 0.15) is 11.6 Å². The summed E-state index contributed by atoms with van der Waals surface area (Å²) in [6.07, 6.45) is 5.79. The van der Waals surface area contributed by atoms with E-state index in [9.17, 15) is 4.39 Å². The Morgan fingerprint density at radius 3 is 2.80 bits per heavy atom. The zero-order valence-corrected chi connectivity index (χ0v) is 12.0. The van der Waals surface area contributed by atoms with E-state index >= 15 is 0 Å². The van der Waals surface area contributed by atoms with Gasteiger partial charge in [0.15, 0.2) is 0 Å². The Morgan fingerprint density at radius 2 is 2.20 bits per heavy atom. The van der Waals surface area contributed by atoms with Crippen molar-refractivity contribution in [3.05, 3.63) is 54.0 Å². The SMILES string of the molecule is CCC(NC(C)CCc1ccco1)c1ccc(F)cn1. The number of halogens is 1. The maximum Gasteiger partial charge on any atom is 0.141 e. The predicted octanol–water partition coefficient (Wildman–Crippen LogP) is 3.88. The lowest BCUT2D eigenvalue weighted by Crippen LogP contribution is -2.31. The van der Waals surface area contributed by atoms with Gasteiger partial charge in [-0.1, -0.05) is 6.92 Å². The lowest BCUT2D eigenvalue weighted by Gasteiger charge is -2.21. The fourth-order valence-corrected chi connectivity index (χ4v) is 2.25. The summed E-state index contributed by atoms with van der Waals surface area (Å²) in [6, 6.07) is 7.60. The van der Waals surface area contributed by atoms with Gasteiger partial charge < -0.3 is 9.73 Å². The number of aromatic nitrogens is 1. The van der Waals surface area contributed by atoms with E-state index in [0.29, 0.717) is 6.04 Å². The summed E-state index contributed by atoms with van der Waals surface area (Å²) >= 11 is 0. The number of pyridine rings is 1. The van der Waals surface area contributed by atoms with Crippen molar-refractivity contribution in [3.8, 4) is 0 Å². The molecule has 0 aliphatic heterocycles. The molecule has 0 aliphatic carbocycles. The zero-order chi connectivity index (χ0) is 14.4. The van der Waals surface area contributed by atoms with E-state index in [1.807, 2.05) is 12.1 Å². The Hall–Kier alpha value is -1.68. The topological polar surface area (TPSA) is 38.1 Å². The van der Waals surface area contributed by atoms with Crippen molar-refractivity contribution >= 4 is 0 Å². The largest absolute Gasteiger partial charge is 0.469 e. The first kappa shape index (κ1) is 14.7. The average molecular weight is 276 g/mol. The Labute approximate surface area is 119 Å². The van der Waals surface area contributed by atoms with Crippen molar-refractivity contribution in [1.29, 1.82) is 0 Å². The minimum Gasteiger partial charge on any atom is -0.469 e. The molecule has 2 rings (SSSR count). The molecule has 2 heterocycles. The van der Waals surface area contributed by atoms with Crippen LogP contribution in [-0.4, -0.2) is 11.0 Å². The Bertz CT molecular complexity index is 496. The Kier molecular flexibility index (Phi) is 5.30. The van der Waals surface area contributed by atoms with Crippen molar-refractivity contribution in [3.63, 3.8) is 0 Å². The fourth-order valence-electron chi connectivity index (χ4n) is 2.25. The van der Waals surface area contributed by atoms with Crippen LogP contribution in [-0.2, 0) is 6.42 Å². The highest BCUT2D eigenvalue weighted by atomic mass is 19.1. The fraction of sp³-hybridized carbons (Fsp3) is 0.438. The highest BCUT2D eigenvalue weighted by Crippen LogP contribution is 2.16. The van der Waals surface area contributed by atoms with Crippen molar-refractivity contribution in [2.75, 3.05) is 0 Å². The molecule has 0 spiro atoms. The summed E-state index contributed by atoms with van der Waals surface area (Å²) in [7, 11) is 0. The van der Waals surface area contributed by atoms with Crippen LogP contribution in [0.3, 0.4) is 0 Å². The molecular formula is C16H21FN2O. The number of furan rings is 1. The molecule has 0 saturated heterocycles. The van der Waals surface area contributed by atoms with Crippen LogP contribution < -0.4 is 5.32 Å². The van der Waals surface area contributed by atoms with E-state index in [1.54, 1.807) is 12.3 Å². The molecule has 2 atom stereocenters. The summed E-state index contributed by atoms with van der Waals surface area (Å²) < 4.78 is 18.2. The first-order valence-corrected chi connectivity index (χ1v) is 7.09. The third-order valence-electron chi connectivity index (χ3n) is 3.41. The van der Waals surface area contributed by atoms with Crippen LogP contribution in [0.4, 0.5) is 4.39 Å². The molecule has 2 aromatic heterocycles. The number of nitrogens with one attached hydrogen (secondary N) is 1. The highest BCUT2D eigenvalue weighted by Gasteiger charge is 2.14. The normalized spacial score (nSPS) is 14.2. The summed E-state index contributed by atoms with van der Waals surface area (Å²) in [5, 5.41) is 3.54. The second kappa shape index (κ2) is 7.20. The molecule has 0 saturated carbocycles. The van der Waals surface area contributed by atoms with Gasteiger partial charge in [-0.2, -0.15) is 0 Å². The Morgan fingerprint density at radius 1 is 1.35 bits per heavy atom. The van der Waals surface area contributed by atoms with Crippen molar-refractivity contribution < 1.29 is 8.81 Å². The first-order valence-electron chi connectivity index (χ1n) is 7.09. The van der Waals surface area contributed by atoms with Crippen LogP contribution in [0, 0.1) is 5.82 Å². The summed E-state index contributed by atoms with van der Waals surface area (Å²) in [4.78, 5) is 4.16. The summed E-state index contributed by atoms with van der Waals surface area (Å²) in [5.41, 5.74) is 0.888.